The number of allylic oxidation sites excluding steroid dienone is 2. The molecule has 1 atom stereocenters. The molecule has 0 saturated heterocycles. The second-order valence-corrected chi connectivity index (χ2v) is 7.41. The van der Waals surface area contributed by atoms with E-state index in [9.17, 15) is 24.6 Å². The van der Waals surface area contributed by atoms with Crippen molar-refractivity contribution in [3.8, 4) is 0 Å². The molecule has 0 radical (unpaired) electrons. The molecule has 1 unspecified atom stereocenters. The summed E-state index contributed by atoms with van der Waals surface area (Å²) >= 11 is 0. The number of nitrogens with zero attached hydrogens (tertiary/aromatic N) is 1. The number of quaternary nitrogens is 1. The Balaban J connectivity index is 4.68. The molecular weight excluding hydrogens is 376 g/mol. The molecule has 0 aliphatic heterocycles. The van der Waals surface area contributed by atoms with Gasteiger partial charge in [-0.3, -0.25) is 9.59 Å². The largest absolute Gasteiger partial charge is 0.550 e. The van der Waals surface area contributed by atoms with Gasteiger partial charge in [0, 0.05) is 18.8 Å². The van der Waals surface area contributed by atoms with Crippen LogP contribution in [0.3, 0.4) is 0 Å². The minimum atomic E-state index is -1.07. The second-order valence-electron chi connectivity index (χ2n) is 7.41. The Labute approximate surface area is 174 Å². The molecule has 1 amide bonds. The predicted molar refractivity (Wildman–Crippen MR) is 109 cm³/mol. The van der Waals surface area contributed by atoms with E-state index in [0.29, 0.717) is 75.7 Å². The summed E-state index contributed by atoms with van der Waals surface area (Å²) in [5, 5.41) is 31.9. The zero-order valence-corrected chi connectivity index (χ0v) is 17.7. The SMILES string of the molecule is CC/C=C/CCC(=O)NCC[N+](CCO)(CCCCC(=O)[O-])CCCCC(=O)O. The fourth-order valence-electron chi connectivity index (χ4n) is 3.34. The Morgan fingerprint density at radius 3 is 2.14 bits per heavy atom. The Morgan fingerprint density at radius 2 is 1.59 bits per heavy atom. The van der Waals surface area contributed by atoms with Crippen molar-refractivity contribution in [1.82, 2.24) is 5.32 Å². The van der Waals surface area contributed by atoms with Crippen LogP contribution < -0.4 is 10.4 Å². The van der Waals surface area contributed by atoms with E-state index in [4.69, 9.17) is 5.11 Å². The monoisotopic (exact) mass is 414 g/mol. The van der Waals surface area contributed by atoms with Crippen molar-refractivity contribution in [3.05, 3.63) is 12.2 Å². The lowest BCUT2D eigenvalue weighted by atomic mass is 10.1. The van der Waals surface area contributed by atoms with Crippen molar-refractivity contribution < 1.29 is 34.2 Å². The topological polar surface area (TPSA) is 127 Å². The van der Waals surface area contributed by atoms with E-state index in [-0.39, 0.29) is 25.4 Å². The van der Waals surface area contributed by atoms with Crippen molar-refractivity contribution in [2.75, 3.05) is 39.3 Å². The zero-order chi connectivity index (χ0) is 22.0. The average Bonchev–Trinajstić information content (AvgIpc) is 2.66. The minimum absolute atomic E-state index is 0.000152. The number of aliphatic hydroxyl groups excluding tert-OH is 1. The van der Waals surface area contributed by atoms with Gasteiger partial charge in [0.25, 0.3) is 0 Å². The van der Waals surface area contributed by atoms with Crippen LogP contribution in [-0.4, -0.2) is 71.9 Å². The number of amides is 1. The summed E-state index contributed by atoms with van der Waals surface area (Å²) in [6.07, 6.45) is 8.62. The van der Waals surface area contributed by atoms with E-state index in [1.54, 1.807) is 0 Å². The van der Waals surface area contributed by atoms with E-state index in [1.165, 1.54) is 0 Å². The first-order valence-electron chi connectivity index (χ1n) is 10.6. The normalized spacial score (nSPS) is 13.3. The lowest BCUT2D eigenvalue weighted by Crippen LogP contribution is -2.54. The van der Waals surface area contributed by atoms with Gasteiger partial charge in [0.2, 0.25) is 5.91 Å². The van der Waals surface area contributed by atoms with Crippen LogP contribution in [0.5, 0.6) is 0 Å². The molecule has 0 saturated carbocycles. The summed E-state index contributed by atoms with van der Waals surface area (Å²) in [6.45, 7) is 4.97. The Morgan fingerprint density at radius 1 is 0.931 bits per heavy atom. The van der Waals surface area contributed by atoms with Crippen molar-refractivity contribution >= 4 is 17.8 Å². The van der Waals surface area contributed by atoms with Gasteiger partial charge in [-0.05, 0) is 44.9 Å². The Kier molecular flexibility index (Phi) is 15.8. The summed E-state index contributed by atoms with van der Waals surface area (Å²) < 4.78 is 0.541. The number of unbranched alkanes of at least 4 members (excludes halogenated alkanes) is 2. The van der Waals surface area contributed by atoms with Crippen LogP contribution >= 0.6 is 0 Å². The molecule has 0 aromatic heterocycles. The first kappa shape index (κ1) is 27.1. The number of carboxylic acid groups (broad SMARTS) is 2. The van der Waals surface area contributed by atoms with Gasteiger partial charge in [-0.25, -0.2) is 0 Å². The first-order chi connectivity index (χ1) is 13.8. The molecule has 0 heterocycles. The van der Waals surface area contributed by atoms with Gasteiger partial charge < -0.3 is 29.9 Å². The van der Waals surface area contributed by atoms with Crippen LogP contribution in [0.15, 0.2) is 12.2 Å². The molecule has 8 nitrogen and oxygen atoms in total. The quantitative estimate of drug-likeness (QED) is 0.163. The lowest BCUT2D eigenvalue weighted by molar-refractivity contribution is -0.927. The summed E-state index contributed by atoms with van der Waals surface area (Å²) in [6, 6.07) is 0. The fourth-order valence-corrected chi connectivity index (χ4v) is 3.34. The van der Waals surface area contributed by atoms with Crippen LogP contribution in [0.25, 0.3) is 0 Å². The highest BCUT2D eigenvalue weighted by Crippen LogP contribution is 2.13. The van der Waals surface area contributed by atoms with Crippen molar-refractivity contribution in [2.24, 2.45) is 0 Å². The molecule has 0 aromatic carbocycles. The van der Waals surface area contributed by atoms with Gasteiger partial charge in [-0.2, -0.15) is 0 Å². The molecule has 0 rings (SSSR count). The molecule has 0 aromatic rings. The number of hydrogen-bond acceptors (Lipinski definition) is 5. The lowest BCUT2D eigenvalue weighted by Gasteiger charge is -2.39. The Hall–Kier alpha value is -1.93. The molecule has 0 aliphatic rings. The summed E-state index contributed by atoms with van der Waals surface area (Å²) in [7, 11) is 0. The number of nitrogens with one attached hydrogen (secondary N) is 1. The van der Waals surface area contributed by atoms with Crippen LogP contribution in [0, 0.1) is 0 Å². The fraction of sp³-hybridized carbons (Fsp3) is 0.762. The van der Waals surface area contributed by atoms with E-state index in [1.807, 2.05) is 19.1 Å². The minimum Gasteiger partial charge on any atom is -0.550 e. The van der Waals surface area contributed by atoms with E-state index >= 15 is 0 Å². The number of carbonyl (C=O) groups excluding carboxylic acids is 2. The molecule has 0 spiro atoms. The molecule has 29 heavy (non-hydrogen) atoms. The van der Waals surface area contributed by atoms with Gasteiger partial charge >= 0.3 is 5.97 Å². The summed E-state index contributed by atoms with van der Waals surface area (Å²) in [4.78, 5) is 33.4. The maximum Gasteiger partial charge on any atom is 0.303 e. The van der Waals surface area contributed by atoms with E-state index in [0.717, 1.165) is 6.42 Å². The maximum absolute atomic E-state index is 12.0. The van der Waals surface area contributed by atoms with Crippen molar-refractivity contribution in [3.63, 3.8) is 0 Å². The van der Waals surface area contributed by atoms with Gasteiger partial charge in [0.1, 0.15) is 6.54 Å². The van der Waals surface area contributed by atoms with Crippen molar-refractivity contribution in [1.29, 1.82) is 0 Å². The zero-order valence-electron chi connectivity index (χ0n) is 17.7. The van der Waals surface area contributed by atoms with E-state index < -0.39 is 11.9 Å². The highest BCUT2D eigenvalue weighted by atomic mass is 16.4. The van der Waals surface area contributed by atoms with Gasteiger partial charge in [0.05, 0.1) is 32.8 Å². The number of aliphatic hydroxyl groups is 1. The van der Waals surface area contributed by atoms with Crippen LogP contribution in [0.1, 0.15) is 64.7 Å². The summed E-state index contributed by atoms with van der Waals surface area (Å²) in [5.74, 6) is -1.92. The molecule has 168 valence electrons. The van der Waals surface area contributed by atoms with Gasteiger partial charge in [0.15, 0.2) is 0 Å². The highest BCUT2D eigenvalue weighted by molar-refractivity contribution is 5.75. The third-order valence-corrected chi connectivity index (χ3v) is 4.96. The number of rotatable bonds is 19. The molecule has 0 bridgehead atoms. The maximum atomic E-state index is 12.0. The standard InChI is InChI=1S/C21H38N2O6/c1-2-3-4-5-10-19(25)22-13-16-23(17-18-24,14-8-6-11-20(26)27)15-9-7-12-21(28)29/h3-4,24H,2,5-18H2,1H3,(H2-,22,25,26,27,28,29)/b4-3+. The third-order valence-electron chi connectivity index (χ3n) is 4.96. The highest BCUT2D eigenvalue weighted by Gasteiger charge is 2.26. The molecule has 0 aliphatic carbocycles. The molecule has 0 fully saturated rings. The van der Waals surface area contributed by atoms with Crippen LogP contribution in [0.2, 0.25) is 0 Å². The van der Waals surface area contributed by atoms with Crippen LogP contribution in [0.4, 0.5) is 0 Å². The number of aliphatic carboxylic acids is 2. The molecule has 3 N–H and O–H groups in total. The second kappa shape index (κ2) is 17.0. The number of carbonyl (C=O) groups is 3. The number of hydrogen-bond donors (Lipinski definition) is 3. The van der Waals surface area contributed by atoms with Crippen LogP contribution in [-0.2, 0) is 14.4 Å². The number of carboxylic acids is 2. The van der Waals surface area contributed by atoms with Gasteiger partial charge in [-0.1, -0.05) is 19.1 Å². The molecule has 8 heteroatoms. The predicted octanol–water partition coefficient (Wildman–Crippen LogP) is 0.833. The van der Waals surface area contributed by atoms with E-state index in [2.05, 4.69) is 5.32 Å². The Bertz CT molecular complexity index is 485. The van der Waals surface area contributed by atoms with Gasteiger partial charge in [-0.15, -0.1) is 0 Å². The average molecular weight is 415 g/mol. The molecular formula is C21H38N2O6. The summed E-state index contributed by atoms with van der Waals surface area (Å²) in [5.41, 5.74) is 0. The third kappa shape index (κ3) is 15.6. The smallest absolute Gasteiger partial charge is 0.303 e. The van der Waals surface area contributed by atoms with Crippen molar-refractivity contribution in [2.45, 2.75) is 64.7 Å². The first-order valence-corrected chi connectivity index (χ1v) is 10.6.